The number of methoxy groups -OCH3 is 1. The van der Waals surface area contributed by atoms with Gasteiger partial charge in [0.25, 0.3) is 5.91 Å². The van der Waals surface area contributed by atoms with Crippen LogP contribution in [0.1, 0.15) is 10.4 Å². The van der Waals surface area contributed by atoms with E-state index < -0.39 is 0 Å². The topological polar surface area (TPSA) is 63.7 Å². The number of carbonyl (C=O) groups excluding carboxylic acids is 1. The van der Waals surface area contributed by atoms with Gasteiger partial charge in [0.05, 0.1) is 30.5 Å². The van der Waals surface area contributed by atoms with Gasteiger partial charge in [0.2, 0.25) is 0 Å². The zero-order chi connectivity index (χ0) is 17.9. The highest BCUT2D eigenvalue weighted by Crippen LogP contribution is 2.30. The van der Waals surface area contributed by atoms with Gasteiger partial charge in [0.1, 0.15) is 5.75 Å². The Morgan fingerprint density at radius 2 is 1.96 bits per heavy atom. The maximum Gasteiger partial charge on any atom is 0.255 e. The van der Waals surface area contributed by atoms with Gasteiger partial charge < -0.3 is 19.7 Å². The number of nitrogens with zero attached hydrogens (tertiary/aromatic N) is 2. The fraction of sp³-hybridized carbons (Fsp3) is 0.263. The molecular formula is C19H19N3O3S. The molecule has 0 unspecified atom stereocenters. The molecule has 7 heteroatoms. The molecule has 1 saturated heterocycles. The van der Waals surface area contributed by atoms with Gasteiger partial charge in [-0.25, -0.2) is 4.98 Å². The van der Waals surface area contributed by atoms with Crippen molar-refractivity contribution in [2.45, 2.75) is 0 Å². The number of thiazole rings is 1. The maximum absolute atomic E-state index is 12.5. The predicted molar refractivity (Wildman–Crippen MR) is 104 cm³/mol. The van der Waals surface area contributed by atoms with Crippen molar-refractivity contribution in [1.29, 1.82) is 0 Å². The van der Waals surface area contributed by atoms with E-state index in [2.05, 4.69) is 15.2 Å². The van der Waals surface area contributed by atoms with Crippen LogP contribution in [-0.2, 0) is 4.74 Å². The molecule has 6 nitrogen and oxygen atoms in total. The van der Waals surface area contributed by atoms with E-state index in [1.54, 1.807) is 18.4 Å². The van der Waals surface area contributed by atoms with Gasteiger partial charge in [-0.15, -0.1) is 0 Å². The fourth-order valence-corrected chi connectivity index (χ4v) is 3.88. The largest absolute Gasteiger partial charge is 0.497 e. The molecule has 4 rings (SSSR count). The maximum atomic E-state index is 12.5. The van der Waals surface area contributed by atoms with Gasteiger partial charge in [0.15, 0.2) is 5.13 Å². The molecule has 0 aliphatic carbocycles. The second-order valence-electron chi connectivity index (χ2n) is 5.96. The van der Waals surface area contributed by atoms with Gasteiger partial charge in [-0.05, 0) is 42.5 Å². The molecule has 2 heterocycles. The zero-order valence-electron chi connectivity index (χ0n) is 14.4. The van der Waals surface area contributed by atoms with Crippen LogP contribution in [0.3, 0.4) is 0 Å². The van der Waals surface area contributed by atoms with E-state index in [0.29, 0.717) is 5.56 Å². The lowest BCUT2D eigenvalue weighted by molar-refractivity contribution is 0.102. The number of nitrogens with one attached hydrogen (secondary N) is 1. The highest BCUT2D eigenvalue weighted by molar-refractivity contribution is 7.22. The van der Waals surface area contributed by atoms with E-state index in [4.69, 9.17) is 9.47 Å². The van der Waals surface area contributed by atoms with Gasteiger partial charge >= 0.3 is 0 Å². The molecule has 0 atom stereocenters. The number of hydrogen-bond donors (Lipinski definition) is 1. The molecule has 2 aromatic carbocycles. The molecular weight excluding hydrogens is 350 g/mol. The van der Waals surface area contributed by atoms with E-state index in [1.165, 1.54) is 0 Å². The predicted octanol–water partition coefficient (Wildman–Crippen LogP) is 3.39. The Bertz CT molecular complexity index is 917. The Hall–Kier alpha value is -2.64. The first-order chi connectivity index (χ1) is 12.7. The first-order valence-electron chi connectivity index (χ1n) is 8.41. The van der Waals surface area contributed by atoms with E-state index >= 15 is 0 Å². The molecule has 26 heavy (non-hydrogen) atoms. The van der Waals surface area contributed by atoms with Crippen molar-refractivity contribution in [2.24, 2.45) is 0 Å². The summed E-state index contributed by atoms with van der Waals surface area (Å²) in [6.45, 7) is 3.16. The normalized spacial score (nSPS) is 14.4. The fourth-order valence-electron chi connectivity index (χ4n) is 2.82. The van der Waals surface area contributed by atoms with Crippen molar-refractivity contribution in [3.63, 3.8) is 0 Å². The molecule has 3 aromatic rings. The number of hydrogen-bond acceptors (Lipinski definition) is 6. The van der Waals surface area contributed by atoms with Crippen molar-refractivity contribution in [3.05, 3.63) is 48.0 Å². The highest BCUT2D eigenvalue weighted by atomic mass is 32.1. The third-order valence-corrected chi connectivity index (χ3v) is 5.35. The summed E-state index contributed by atoms with van der Waals surface area (Å²) in [5.41, 5.74) is 2.26. The summed E-state index contributed by atoms with van der Waals surface area (Å²) in [6.07, 6.45) is 0. The molecule has 1 amide bonds. The minimum atomic E-state index is -0.140. The summed E-state index contributed by atoms with van der Waals surface area (Å²) < 4.78 is 11.5. The van der Waals surface area contributed by atoms with Crippen LogP contribution in [0.25, 0.3) is 10.2 Å². The van der Waals surface area contributed by atoms with E-state index in [0.717, 1.165) is 53.1 Å². The van der Waals surface area contributed by atoms with E-state index in [1.807, 2.05) is 42.5 Å². The summed E-state index contributed by atoms with van der Waals surface area (Å²) in [5, 5.41) is 3.89. The number of amides is 1. The Labute approximate surface area is 155 Å². The summed E-state index contributed by atoms with van der Waals surface area (Å²) in [4.78, 5) is 19.4. The molecule has 1 fully saturated rings. The third kappa shape index (κ3) is 3.49. The second-order valence-corrected chi connectivity index (χ2v) is 6.97. The number of morpholine rings is 1. The second kappa shape index (κ2) is 7.31. The first-order valence-corrected chi connectivity index (χ1v) is 9.23. The van der Waals surface area contributed by atoms with Crippen molar-refractivity contribution >= 4 is 38.3 Å². The van der Waals surface area contributed by atoms with Gasteiger partial charge in [0, 0.05) is 24.3 Å². The van der Waals surface area contributed by atoms with Crippen LogP contribution in [0.2, 0.25) is 0 Å². The standard InChI is InChI=1S/C19H19N3O3S/c1-24-15-5-3-14(4-6-15)20-18(23)13-2-7-16-17(12-13)26-19(21-16)22-8-10-25-11-9-22/h2-7,12H,8-11H2,1H3,(H,20,23). The molecule has 0 bridgehead atoms. The number of fused-ring (bicyclic) bond motifs is 1. The van der Waals surface area contributed by atoms with Crippen LogP contribution >= 0.6 is 11.3 Å². The van der Waals surface area contributed by atoms with Crippen LogP contribution in [0.4, 0.5) is 10.8 Å². The number of anilines is 2. The van der Waals surface area contributed by atoms with Gasteiger partial charge in [-0.3, -0.25) is 4.79 Å². The minimum absolute atomic E-state index is 0.140. The molecule has 0 saturated carbocycles. The Morgan fingerprint density at radius 1 is 1.19 bits per heavy atom. The molecule has 1 N–H and O–H groups in total. The summed E-state index contributed by atoms with van der Waals surface area (Å²) >= 11 is 1.61. The number of carbonyl (C=O) groups is 1. The Balaban J connectivity index is 1.52. The lowest BCUT2D eigenvalue weighted by Crippen LogP contribution is -2.36. The molecule has 1 aliphatic heterocycles. The van der Waals surface area contributed by atoms with Crippen molar-refractivity contribution in [3.8, 4) is 5.75 Å². The molecule has 0 radical (unpaired) electrons. The SMILES string of the molecule is COc1ccc(NC(=O)c2ccc3nc(N4CCOCC4)sc3c2)cc1. The summed E-state index contributed by atoms with van der Waals surface area (Å²) in [5.74, 6) is 0.614. The quantitative estimate of drug-likeness (QED) is 0.764. The number of ether oxygens (including phenoxy) is 2. The van der Waals surface area contributed by atoms with Crippen molar-refractivity contribution < 1.29 is 14.3 Å². The highest BCUT2D eigenvalue weighted by Gasteiger charge is 2.16. The van der Waals surface area contributed by atoms with Crippen LogP contribution in [0.15, 0.2) is 42.5 Å². The van der Waals surface area contributed by atoms with Crippen molar-refractivity contribution in [1.82, 2.24) is 4.98 Å². The van der Waals surface area contributed by atoms with Crippen molar-refractivity contribution in [2.75, 3.05) is 43.6 Å². The van der Waals surface area contributed by atoms with Gasteiger partial charge in [-0.2, -0.15) is 0 Å². The smallest absolute Gasteiger partial charge is 0.255 e. The number of rotatable bonds is 4. The van der Waals surface area contributed by atoms with E-state index in [9.17, 15) is 4.79 Å². The first kappa shape index (κ1) is 16.8. The minimum Gasteiger partial charge on any atom is -0.497 e. The molecule has 134 valence electrons. The van der Waals surface area contributed by atoms with Crippen LogP contribution in [0, 0.1) is 0 Å². The summed E-state index contributed by atoms with van der Waals surface area (Å²) in [7, 11) is 1.61. The number of aromatic nitrogens is 1. The number of benzene rings is 2. The molecule has 0 spiro atoms. The van der Waals surface area contributed by atoms with Gasteiger partial charge in [-0.1, -0.05) is 11.3 Å². The molecule has 1 aliphatic rings. The van der Waals surface area contributed by atoms with E-state index in [-0.39, 0.29) is 5.91 Å². The monoisotopic (exact) mass is 369 g/mol. The summed E-state index contributed by atoms with van der Waals surface area (Å²) in [6, 6.07) is 12.9. The third-order valence-electron chi connectivity index (χ3n) is 4.27. The van der Waals surface area contributed by atoms with Crippen LogP contribution in [-0.4, -0.2) is 44.3 Å². The average Bonchev–Trinajstić information content (AvgIpc) is 3.12. The molecule has 1 aromatic heterocycles. The lowest BCUT2D eigenvalue weighted by atomic mass is 10.2. The zero-order valence-corrected chi connectivity index (χ0v) is 15.2. The van der Waals surface area contributed by atoms with Crippen LogP contribution in [0.5, 0.6) is 5.75 Å². The lowest BCUT2D eigenvalue weighted by Gasteiger charge is -2.25. The Kier molecular flexibility index (Phi) is 4.73. The Morgan fingerprint density at radius 3 is 2.69 bits per heavy atom. The van der Waals surface area contributed by atoms with Crippen LogP contribution < -0.4 is 15.0 Å². The average molecular weight is 369 g/mol.